The third-order valence-corrected chi connectivity index (χ3v) is 3.46. The van der Waals surface area contributed by atoms with Crippen molar-refractivity contribution in [2.75, 3.05) is 13.2 Å². The molecule has 1 aromatic carbocycles. The molecule has 1 aliphatic carbocycles. The lowest BCUT2D eigenvalue weighted by atomic mass is 10.1. The van der Waals surface area contributed by atoms with Crippen LogP contribution < -0.4 is 4.74 Å². The molecule has 0 N–H and O–H groups in total. The Kier molecular flexibility index (Phi) is 5.05. The Morgan fingerprint density at radius 3 is 2.45 bits per heavy atom. The third kappa shape index (κ3) is 4.26. The van der Waals surface area contributed by atoms with Crippen molar-refractivity contribution in [3.05, 3.63) is 29.8 Å². The largest absolute Gasteiger partial charge is 0.494 e. The highest BCUT2D eigenvalue weighted by Gasteiger charge is 2.32. The lowest BCUT2D eigenvalue weighted by Gasteiger charge is -2.24. The molecule has 1 aliphatic rings. The Balaban J connectivity index is 1.94. The van der Waals surface area contributed by atoms with Crippen LogP contribution >= 0.6 is 0 Å². The van der Waals surface area contributed by atoms with E-state index < -0.39 is 0 Å². The van der Waals surface area contributed by atoms with E-state index in [9.17, 15) is 4.79 Å². The van der Waals surface area contributed by atoms with Gasteiger partial charge in [-0.3, -0.25) is 4.79 Å². The molecule has 20 heavy (non-hydrogen) atoms. The molecule has 3 nitrogen and oxygen atoms in total. The van der Waals surface area contributed by atoms with Gasteiger partial charge in [0.25, 0.3) is 0 Å². The first-order valence-electron chi connectivity index (χ1n) is 7.61. The summed E-state index contributed by atoms with van der Waals surface area (Å²) in [6.07, 6.45) is 2.83. The van der Waals surface area contributed by atoms with Gasteiger partial charge in [0.1, 0.15) is 5.75 Å². The molecule has 0 aromatic heterocycles. The number of benzene rings is 1. The molecule has 2 rings (SSSR count). The van der Waals surface area contributed by atoms with Gasteiger partial charge in [-0.05, 0) is 43.4 Å². The maximum Gasteiger partial charge on any atom is 0.227 e. The van der Waals surface area contributed by atoms with Gasteiger partial charge in [0.2, 0.25) is 5.91 Å². The first-order chi connectivity index (χ1) is 9.60. The summed E-state index contributed by atoms with van der Waals surface area (Å²) in [6.45, 7) is 7.85. The summed E-state index contributed by atoms with van der Waals surface area (Å²) in [4.78, 5) is 14.5. The van der Waals surface area contributed by atoms with Crippen LogP contribution in [0.25, 0.3) is 0 Å². The first kappa shape index (κ1) is 14.9. The Hall–Kier alpha value is -1.51. The molecular formula is C17H25NO2. The highest BCUT2D eigenvalue weighted by molar-refractivity contribution is 5.79. The van der Waals surface area contributed by atoms with Crippen molar-refractivity contribution in [2.24, 2.45) is 5.92 Å². The molecular weight excluding hydrogens is 250 g/mol. The quantitative estimate of drug-likeness (QED) is 0.764. The van der Waals surface area contributed by atoms with E-state index in [-0.39, 0.29) is 5.91 Å². The second kappa shape index (κ2) is 6.78. The van der Waals surface area contributed by atoms with Crippen LogP contribution in [-0.4, -0.2) is 30.0 Å². The van der Waals surface area contributed by atoms with Crippen LogP contribution in [0.15, 0.2) is 24.3 Å². The summed E-state index contributed by atoms with van der Waals surface area (Å²) in [5.41, 5.74) is 1.06. The van der Waals surface area contributed by atoms with Crippen molar-refractivity contribution >= 4 is 5.91 Å². The molecule has 0 saturated heterocycles. The van der Waals surface area contributed by atoms with Gasteiger partial charge in [-0.2, -0.15) is 0 Å². The van der Waals surface area contributed by atoms with Gasteiger partial charge >= 0.3 is 0 Å². The average molecular weight is 275 g/mol. The van der Waals surface area contributed by atoms with E-state index in [0.29, 0.717) is 25.0 Å². The number of amides is 1. The molecule has 1 aromatic rings. The zero-order valence-corrected chi connectivity index (χ0v) is 12.8. The summed E-state index contributed by atoms with van der Waals surface area (Å²) in [5, 5.41) is 0. The summed E-state index contributed by atoms with van der Waals surface area (Å²) in [7, 11) is 0. The lowest BCUT2D eigenvalue weighted by Crippen LogP contribution is -2.37. The summed E-state index contributed by atoms with van der Waals surface area (Å²) >= 11 is 0. The summed E-state index contributed by atoms with van der Waals surface area (Å²) < 4.78 is 5.42. The van der Waals surface area contributed by atoms with Crippen molar-refractivity contribution in [3.63, 3.8) is 0 Å². The fourth-order valence-corrected chi connectivity index (χ4v) is 2.38. The van der Waals surface area contributed by atoms with Gasteiger partial charge in [-0.1, -0.05) is 26.0 Å². The second-order valence-corrected chi connectivity index (χ2v) is 5.92. The molecule has 110 valence electrons. The Labute approximate surface area is 121 Å². The molecule has 0 heterocycles. The molecule has 1 amide bonds. The highest BCUT2D eigenvalue weighted by atomic mass is 16.5. The van der Waals surface area contributed by atoms with Crippen LogP contribution in [0.2, 0.25) is 0 Å². The second-order valence-electron chi connectivity index (χ2n) is 5.92. The maximum absolute atomic E-state index is 12.4. The van der Waals surface area contributed by atoms with Crippen LogP contribution in [0, 0.1) is 5.92 Å². The van der Waals surface area contributed by atoms with Crippen molar-refractivity contribution < 1.29 is 9.53 Å². The Bertz CT molecular complexity index is 435. The van der Waals surface area contributed by atoms with Gasteiger partial charge in [-0.25, -0.2) is 0 Å². The predicted octanol–water partition coefficient (Wildman–Crippen LogP) is 3.27. The third-order valence-electron chi connectivity index (χ3n) is 3.46. The van der Waals surface area contributed by atoms with Crippen molar-refractivity contribution in [1.29, 1.82) is 0 Å². The number of hydrogen-bond donors (Lipinski definition) is 0. The minimum atomic E-state index is 0.255. The fourth-order valence-electron chi connectivity index (χ4n) is 2.38. The minimum absolute atomic E-state index is 0.255. The van der Waals surface area contributed by atoms with Crippen LogP contribution in [0.3, 0.4) is 0 Å². The monoisotopic (exact) mass is 275 g/mol. The van der Waals surface area contributed by atoms with E-state index in [1.54, 1.807) is 0 Å². The Morgan fingerprint density at radius 2 is 1.95 bits per heavy atom. The number of nitrogens with zero attached hydrogens (tertiary/aromatic N) is 1. The maximum atomic E-state index is 12.4. The molecule has 0 unspecified atom stereocenters. The van der Waals surface area contributed by atoms with Gasteiger partial charge in [-0.15, -0.1) is 0 Å². The summed E-state index contributed by atoms with van der Waals surface area (Å²) in [6, 6.07) is 8.35. The number of carbonyl (C=O) groups excluding carboxylic acids is 1. The zero-order chi connectivity index (χ0) is 14.5. The van der Waals surface area contributed by atoms with E-state index >= 15 is 0 Å². The van der Waals surface area contributed by atoms with Crippen molar-refractivity contribution in [1.82, 2.24) is 4.90 Å². The van der Waals surface area contributed by atoms with E-state index in [4.69, 9.17) is 4.74 Å². The normalized spacial score (nSPS) is 14.4. The predicted molar refractivity (Wildman–Crippen MR) is 80.9 cm³/mol. The summed E-state index contributed by atoms with van der Waals surface area (Å²) in [5.74, 6) is 1.65. The van der Waals surface area contributed by atoms with Crippen molar-refractivity contribution in [2.45, 2.75) is 46.1 Å². The SMILES string of the molecule is CCOc1ccc(CC(=O)N(CC(C)C)C2CC2)cc1. The highest BCUT2D eigenvalue weighted by Crippen LogP contribution is 2.28. The smallest absolute Gasteiger partial charge is 0.227 e. The van der Waals surface area contributed by atoms with Crippen molar-refractivity contribution in [3.8, 4) is 5.75 Å². The first-order valence-corrected chi connectivity index (χ1v) is 7.61. The van der Waals surface area contributed by atoms with Gasteiger partial charge < -0.3 is 9.64 Å². The minimum Gasteiger partial charge on any atom is -0.494 e. The van der Waals surface area contributed by atoms with Gasteiger partial charge in [0, 0.05) is 12.6 Å². The Morgan fingerprint density at radius 1 is 1.30 bits per heavy atom. The number of rotatable bonds is 7. The molecule has 0 spiro atoms. The zero-order valence-electron chi connectivity index (χ0n) is 12.8. The van der Waals surface area contributed by atoms with Crippen LogP contribution in [0.5, 0.6) is 5.75 Å². The fraction of sp³-hybridized carbons (Fsp3) is 0.588. The topological polar surface area (TPSA) is 29.5 Å². The van der Waals surface area contributed by atoms with E-state index in [0.717, 1.165) is 17.9 Å². The number of ether oxygens (including phenoxy) is 1. The van der Waals surface area contributed by atoms with Crippen LogP contribution in [0.1, 0.15) is 39.2 Å². The average Bonchev–Trinajstić information content (AvgIpc) is 3.22. The molecule has 3 heteroatoms. The molecule has 0 bridgehead atoms. The van der Waals surface area contributed by atoms with Gasteiger partial charge in [0.15, 0.2) is 0 Å². The number of hydrogen-bond acceptors (Lipinski definition) is 2. The van der Waals surface area contributed by atoms with E-state index in [1.165, 1.54) is 12.8 Å². The molecule has 0 radical (unpaired) electrons. The van der Waals surface area contributed by atoms with E-state index in [2.05, 4.69) is 18.7 Å². The lowest BCUT2D eigenvalue weighted by molar-refractivity contribution is -0.131. The van der Waals surface area contributed by atoms with Crippen LogP contribution in [0.4, 0.5) is 0 Å². The molecule has 0 atom stereocenters. The van der Waals surface area contributed by atoms with Gasteiger partial charge in [0.05, 0.1) is 13.0 Å². The molecule has 1 fully saturated rings. The number of carbonyl (C=O) groups is 1. The molecule has 1 saturated carbocycles. The standard InChI is InChI=1S/C17H25NO2/c1-4-20-16-9-5-14(6-10-16)11-17(19)18(12-13(2)3)15-7-8-15/h5-6,9-10,13,15H,4,7-8,11-12H2,1-3H3. The van der Waals surface area contributed by atoms with Crippen LogP contribution in [-0.2, 0) is 11.2 Å². The molecule has 0 aliphatic heterocycles. The van der Waals surface area contributed by atoms with E-state index in [1.807, 2.05) is 31.2 Å².